The van der Waals surface area contributed by atoms with Gasteiger partial charge in [-0.05, 0) is 134 Å². The van der Waals surface area contributed by atoms with E-state index < -0.39 is 8.07 Å². The van der Waals surface area contributed by atoms with Crippen molar-refractivity contribution in [3.63, 3.8) is 0 Å². The number of fused-ring (bicyclic) bond motifs is 2. The van der Waals surface area contributed by atoms with Crippen molar-refractivity contribution in [2.45, 2.75) is 115 Å². The van der Waals surface area contributed by atoms with Gasteiger partial charge in [0.2, 0.25) is 0 Å². The van der Waals surface area contributed by atoms with Gasteiger partial charge in [-0.3, -0.25) is 14.9 Å². The molecule has 2 aromatic heterocycles. The molecule has 6 aliphatic rings. The number of urea groups is 1. The summed E-state index contributed by atoms with van der Waals surface area (Å²) >= 11 is 0. The smallest absolute Gasteiger partial charge is 0.320 e. The average Bonchev–Trinajstić information content (AvgIpc) is 3.10. The van der Waals surface area contributed by atoms with Gasteiger partial charge >= 0.3 is 6.03 Å². The number of hydrogen-bond acceptors (Lipinski definition) is 4. The van der Waals surface area contributed by atoms with Crippen molar-refractivity contribution in [3.8, 4) is 11.4 Å². The molecule has 1 aromatic carbocycles. The standard InChI is InChI=1S/C45H61N5OSi/c1-29-21-32-23-39-36(44(26-29)34(32)15-11-19-49(44)28-31-13-9-8-10-14-31)17-18-38(46-39)42-41(52(5,6)7)25-37-40(47-42)24-33-22-30(2)27-45(37)35(33)16-12-20-50(45)43(51)48(3)4/h8-10,13-14,17-18,25,29-30,32-35H,11-12,15-16,19-24,26-28H2,1-7H3/t29-,30-,32+,33+,34-,35-,44-,45-/m1/s1. The predicted molar refractivity (Wildman–Crippen MR) is 213 cm³/mol. The van der Waals surface area contributed by atoms with Crippen LogP contribution < -0.4 is 5.19 Å². The molecular formula is C45H61N5OSi. The number of hydrogen-bond donors (Lipinski definition) is 0. The number of likely N-dealkylation sites (tertiary alicyclic amines) is 2. The van der Waals surface area contributed by atoms with Gasteiger partial charge in [-0.15, -0.1) is 0 Å². The molecule has 4 fully saturated rings. The van der Waals surface area contributed by atoms with Crippen LogP contribution in [0, 0.1) is 35.5 Å². The molecule has 9 rings (SSSR count). The first-order chi connectivity index (χ1) is 24.9. The van der Waals surface area contributed by atoms with Gasteiger partial charge in [-0.2, -0.15) is 0 Å². The van der Waals surface area contributed by atoms with E-state index in [1.54, 1.807) is 0 Å². The molecule has 52 heavy (non-hydrogen) atoms. The van der Waals surface area contributed by atoms with Crippen LogP contribution in [0.25, 0.3) is 11.4 Å². The molecule has 3 aromatic rings. The minimum Gasteiger partial charge on any atom is -0.331 e. The van der Waals surface area contributed by atoms with Crippen molar-refractivity contribution in [3.05, 3.63) is 76.6 Å². The van der Waals surface area contributed by atoms with Crippen molar-refractivity contribution < 1.29 is 4.79 Å². The lowest BCUT2D eigenvalue weighted by atomic mass is 9.53. The molecule has 2 saturated heterocycles. The summed E-state index contributed by atoms with van der Waals surface area (Å²) in [7, 11) is 1.97. The van der Waals surface area contributed by atoms with Crippen molar-refractivity contribution in [2.24, 2.45) is 35.5 Å². The molecule has 276 valence electrons. The van der Waals surface area contributed by atoms with Crippen molar-refractivity contribution in [2.75, 3.05) is 27.2 Å². The number of carbonyl (C=O) groups is 1. The summed E-state index contributed by atoms with van der Waals surface area (Å²) in [6, 6.07) is 18.8. The summed E-state index contributed by atoms with van der Waals surface area (Å²) < 4.78 is 0. The van der Waals surface area contributed by atoms with Crippen LogP contribution in [0.1, 0.15) is 93.3 Å². The zero-order valence-electron chi connectivity index (χ0n) is 32.9. The van der Waals surface area contributed by atoms with E-state index in [0.29, 0.717) is 29.6 Å². The lowest BCUT2D eigenvalue weighted by Crippen LogP contribution is -2.65. The minimum absolute atomic E-state index is 0.0617. The Morgan fingerprint density at radius 2 is 1.46 bits per heavy atom. The highest BCUT2D eigenvalue weighted by molar-refractivity contribution is 6.89. The second-order valence-corrected chi connectivity index (χ2v) is 24.5. The zero-order valence-corrected chi connectivity index (χ0v) is 33.9. The fraction of sp³-hybridized carbons (Fsp3) is 0.622. The maximum atomic E-state index is 14.0. The fourth-order valence-corrected chi connectivity index (χ4v) is 14.6. The molecule has 4 heterocycles. The number of pyridine rings is 2. The summed E-state index contributed by atoms with van der Waals surface area (Å²) in [5.74, 6) is 3.79. The Kier molecular flexibility index (Phi) is 8.35. The third-order valence-electron chi connectivity index (χ3n) is 14.8. The molecule has 0 N–H and O–H groups in total. The third kappa shape index (κ3) is 5.21. The summed E-state index contributed by atoms with van der Waals surface area (Å²) in [4.78, 5) is 32.5. The highest BCUT2D eigenvalue weighted by Crippen LogP contribution is 2.61. The summed E-state index contributed by atoms with van der Waals surface area (Å²) in [5.41, 5.74) is 8.90. The van der Waals surface area contributed by atoms with Gasteiger partial charge in [-0.25, -0.2) is 4.79 Å². The van der Waals surface area contributed by atoms with Gasteiger partial charge in [0.1, 0.15) is 0 Å². The third-order valence-corrected chi connectivity index (χ3v) is 16.8. The van der Waals surface area contributed by atoms with E-state index in [1.807, 2.05) is 19.0 Å². The number of rotatable bonds is 4. The molecular weight excluding hydrogens is 655 g/mol. The normalized spacial score (nSPS) is 33.7. The molecule has 0 spiro atoms. The van der Waals surface area contributed by atoms with Gasteiger partial charge in [0.15, 0.2) is 0 Å². The van der Waals surface area contributed by atoms with E-state index >= 15 is 0 Å². The molecule has 6 nitrogen and oxygen atoms in total. The predicted octanol–water partition coefficient (Wildman–Crippen LogP) is 8.59. The van der Waals surface area contributed by atoms with Crippen LogP contribution in [0.15, 0.2) is 48.5 Å². The van der Waals surface area contributed by atoms with Crippen molar-refractivity contribution in [1.29, 1.82) is 0 Å². The van der Waals surface area contributed by atoms with E-state index in [-0.39, 0.29) is 17.1 Å². The molecule has 4 bridgehead atoms. The van der Waals surface area contributed by atoms with Gasteiger partial charge in [0, 0.05) is 38.6 Å². The lowest BCUT2D eigenvalue weighted by Gasteiger charge is -2.61. The summed E-state index contributed by atoms with van der Waals surface area (Å²) in [6.45, 7) is 15.4. The van der Waals surface area contributed by atoms with E-state index in [2.05, 4.69) is 91.8 Å². The van der Waals surface area contributed by atoms with Crippen LogP contribution in [0.4, 0.5) is 4.79 Å². The zero-order chi connectivity index (χ0) is 36.2. The Hall–Kier alpha value is -3.03. The van der Waals surface area contributed by atoms with Crippen LogP contribution in [0.5, 0.6) is 0 Å². The Morgan fingerprint density at radius 1 is 0.827 bits per heavy atom. The molecule has 2 aliphatic heterocycles. The van der Waals surface area contributed by atoms with E-state index in [1.165, 1.54) is 71.8 Å². The molecule has 0 radical (unpaired) electrons. The molecule has 0 unspecified atom stereocenters. The maximum absolute atomic E-state index is 14.0. The number of piperidine rings is 2. The van der Waals surface area contributed by atoms with Crippen molar-refractivity contribution >= 4 is 19.3 Å². The Balaban J connectivity index is 1.18. The molecule has 4 aliphatic carbocycles. The monoisotopic (exact) mass is 715 g/mol. The summed E-state index contributed by atoms with van der Waals surface area (Å²) in [6.07, 6.45) is 11.9. The van der Waals surface area contributed by atoms with Gasteiger partial charge in [0.25, 0.3) is 0 Å². The maximum Gasteiger partial charge on any atom is 0.320 e. The first kappa shape index (κ1) is 34.7. The first-order valence-corrected chi connectivity index (χ1v) is 24.2. The largest absolute Gasteiger partial charge is 0.331 e. The number of benzene rings is 1. The molecule has 2 amide bonds. The second kappa shape index (κ2) is 12.5. The Bertz CT molecular complexity index is 1870. The quantitative estimate of drug-likeness (QED) is 0.254. The minimum atomic E-state index is -1.88. The fourth-order valence-electron chi connectivity index (χ4n) is 13.1. The molecule has 2 saturated carbocycles. The van der Waals surface area contributed by atoms with E-state index in [4.69, 9.17) is 9.97 Å². The number of carbonyl (C=O) groups excluding carboxylic acids is 1. The second-order valence-electron chi connectivity index (χ2n) is 19.4. The van der Waals surface area contributed by atoms with E-state index in [0.717, 1.165) is 62.6 Å². The number of aromatic nitrogens is 2. The number of nitrogens with zero attached hydrogens (tertiary/aromatic N) is 5. The van der Waals surface area contributed by atoms with E-state index in [9.17, 15) is 4.79 Å². The highest BCUT2D eigenvalue weighted by atomic mass is 28.3. The highest BCUT2D eigenvalue weighted by Gasteiger charge is 2.60. The van der Waals surface area contributed by atoms with Gasteiger partial charge < -0.3 is 9.80 Å². The topological polar surface area (TPSA) is 52.6 Å². The Morgan fingerprint density at radius 3 is 2.13 bits per heavy atom. The first-order valence-electron chi connectivity index (χ1n) is 20.7. The number of amides is 2. The van der Waals surface area contributed by atoms with Crippen LogP contribution >= 0.6 is 0 Å². The van der Waals surface area contributed by atoms with Crippen LogP contribution in [0.3, 0.4) is 0 Å². The van der Waals surface area contributed by atoms with Crippen LogP contribution in [-0.4, -0.2) is 66.0 Å². The van der Waals surface area contributed by atoms with Crippen LogP contribution in [0.2, 0.25) is 19.6 Å². The average molecular weight is 716 g/mol. The van der Waals surface area contributed by atoms with Crippen molar-refractivity contribution in [1.82, 2.24) is 24.7 Å². The van der Waals surface area contributed by atoms with Crippen LogP contribution in [-0.2, 0) is 30.5 Å². The van der Waals surface area contributed by atoms with Gasteiger partial charge in [0.05, 0.1) is 30.5 Å². The SMILES string of the molecule is C[C@@H]1C[C@H]2Cc3nc(-c4nc5c(cc4[Si](C)(C)C)[C@@]46C[C@H](C)C[C@@H](C5)[C@H]4CCCN6C(=O)N(C)C)ccc3[C@@]3(C1)[C@@H]2CCCN3Cc1ccccc1. The summed E-state index contributed by atoms with van der Waals surface area (Å²) in [5, 5.41) is 1.41. The molecule has 8 atom stereocenters. The van der Waals surface area contributed by atoms with Gasteiger partial charge in [-0.1, -0.05) is 76.0 Å². The molecule has 7 heteroatoms. The lowest BCUT2D eigenvalue weighted by molar-refractivity contribution is -0.0967. The Labute approximate surface area is 313 Å².